The molecular formula is C52H32N6OS. The van der Waals surface area contributed by atoms with Gasteiger partial charge in [-0.1, -0.05) is 139 Å². The Kier molecular flexibility index (Phi) is 7.23. The van der Waals surface area contributed by atoms with E-state index in [1.165, 1.54) is 15.4 Å². The summed E-state index contributed by atoms with van der Waals surface area (Å²) in [6, 6.07) is 57.0. The number of rotatable bonds is 5. The number of hydrogen-bond donors (Lipinski definition) is 0. The lowest BCUT2D eigenvalue weighted by Gasteiger charge is -2.18. The molecule has 0 bridgehead atoms. The molecule has 60 heavy (non-hydrogen) atoms. The lowest BCUT2D eigenvalue weighted by molar-refractivity contribution is 0.619. The van der Waals surface area contributed by atoms with Crippen molar-refractivity contribution in [3.63, 3.8) is 0 Å². The molecule has 4 aromatic heterocycles. The van der Waals surface area contributed by atoms with E-state index >= 15 is 0 Å². The third-order valence-electron chi connectivity index (χ3n) is 12.0. The largest absolute Gasteiger partial charge is 0.436 e. The molecule has 1 aliphatic heterocycles. The van der Waals surface area contributed by atoms with Gasteiger partial charge in [0, 0.05) is 43.5 Å². The predicted molar refractivity (Wildman–Crippen MR) is 243 cm³/mol. The summed E-state index contributed by atoms with van der Waals surface area (Å²) in [6.45, 7) is 0. The van der Waals surface area contributed by atoms with Crippen molar-refractivity contribution in [1.29, 1.82) is 0 Å². The van der Waals surface area contributed by atoms with E-state index in [2.05, 4.69) is 137 Å². The number of nitrogens with zero attached hydrogens (tertiary/aromatic N) is 6. The van der Waals surface area contributed by atoms with E-state index in [1.54, 1.807) is 0 Å². The van der Waals surface area contributed by atoms with Gasteiger partial charge in [-0.05, 0) is 65.4 Å². The van der Waals surface area contributed by atoms with Crippen molar-refractivity contribution in [2.24, 2.45) is 0 Å². The topological polar surface area (TPSA) is 74.6 Å². The molecule has 0 amide bonds. The molecule has 0 radical (unpaired) electrons. The molecule has 7 aromatic carbocycles. The number of hydrogen-bond acceptors (Lipinski definition) is 6. The zero-order valence-electron chi connectivity index (χ0n) is 32.0. The number of para-hydroxylation sites is 5. The van der Waals surface area contributed by atoms with Gasteiger partial charge < -0.3 is 8.98 Å². The number of allylic oxidation sites excluding steroid dienone is 4. The molecule has 0 N–H and O–H groups in total. The maximum absolute atomic E-state index is 6.45. The van der Waals surface area contributed by atoms with Gasteiger partial charge in [0.1, 0.15) is 5.52 Å². The van der Waals surface area contributed by atoms with Crippen molar-refractivity contribution < 1.29 is 4.42 Å². The van der Waals surface area contributed by atoms with Crippen LogP contribution in [0.25, 0.3) is 94.8 Å². The summed E-state index contributed by atoms with van der Waals surface area (Å²) in [7, 11) is 0. The first-order chi connectivity index (χ1) is 29.7. The molecule has 1 unspecified atom stereocenters. The van der Waals surface area contributed by atoms with Crippen molar-refractivity contribution in [3.8, 4) is 34.5 Å². The van der Waals surface area contributed by atoms with Crippen molar-refractivity contribution in [2.45, 2.75) is 17.2 Å². The Hall–Kier alpha value is -7.55. The molecule has 2 aliphatic rings. The van der Waals surface area contributed by atoms with Crippen LogP contribution in [0.5, 0.6) is 0 Å². The van der Waals surface area contributed by atoms with Gasteiger partial charge >= 0.3 is 0 Å². The van der Waals surface area contributed by atoms with E-state index in [-0.39, 0.29) is 0 Å². The predicted octanol–water partition coefficient (Wildman–Crippen LogP) is 13.1. The molecule has 1 aliphatic carbocycles. The fraction of sp³-hybridized carbons (Fsp3) is 0.0385. The highest BCUT2D eigenvalue weighted by Gasteiger charge is 2.31. The third kappa shape index (κ3) is 4.98. The first kappa shape index (κ1) is 33.4. The van der Waals surface area contributed by atoms with E-state index < -0.39 is 0 Å². The molecule has 282 valence electrons. The molecular weight excluding hydrogens is 757 g/mol. The highest BCUT2D eigenvalue weighted by atomic mass is 32.2. The zero-order chi connectivity index (χ0) is 39.3. The van der Waals surface area contributed by atoms with Crippen molar-refractivity contribution in [1.82, 2.24) is 29.1 Å². The lowest BCUT2D eigenvalue weighted by Crippen LogP contribution is -2.09. The number of benzene rings is 7. The molecule has 5 heterocycles. The smallest absolute Gasteiger partial charge is 0.238 e. The third-order valence-corrected chi connectivity index (χ3v) is 13.2. The summed E-state index contributed by atoms with van der Waals surface area (Å²) >= 11 is 1.86. The summed E-state index contributed by atoms with van der Waals surface area (Å²) < 4.78 is 11.1. The van der Waals surface area contributed by atoms with Gasteiger partial charge in [0.2, 0.25) is 11.8 Å². The maximum atomic E-state index is 6.45. The minimum absolute atomic E-state index is 0.357. The molecule has 1 atom stereocenters. The molecule has 0 spiro atoms. The number of fused-ring (bicyclic) bond motifs is 11. The van der Waals surface area contributed by atoms with Crippen LogP contribution in [0.1, 0.15) is 23.7 Å². The second-order valence-corrected chi connectivity index (χ2v) is 16.5. The van der Waals surface area contributed by atoms with Crippen LogP contribution in [0.3, 0.4) is 0 Å². The Morgan fingerprint density at radius 3 is 2.05 bits per heavy atom. The van der Waals surface area contributed by atoms with Crippen LogP contribution >= 0.6 is 11.8 Å². The number of oxazole rings is 1. The van der Waals surface area contributed by atoms with Crippen molar-refractivity contribution in [2.75, 3.05) is 0 Å². The van der Waals surface area contributed by atoms with Crippen LogP contribution in [-0.4, -0.2) is 29.1 Å². The highest BCUT2D eigenvalue weighted by Crippen LogP contribution is 2.53. The highest BCUT2D eigenvalue weighted by molar-refractivity contribution is 8.03. The Morgan fingerprint density at radius 1 is 0.550 bits per heavy atom. The summed E-state index contributed by atoms with van der Waals surface area (Å²) in [4.78, 5) is 23.6. The number of thioether (sulfide) groups is 1. The Morgan fingerprint density at radius 2 is 1.22 bits per heavy atom. The van der Waals surface area contributed by atoms with Crippen LogP contribution in [0.2, 0.25) is 0 Å². The van der Waals surface area contributed by atoms with Gasteiger partial charge in [0.05, 0.1) is 33.3 Å². The van der Waals surface area contributed by atoms with Crippen LogP contribution in [0.4, 0.5) is 0 Å². The Labute approximate surface area is 348 Å². The summed E-state index contributed by atoms with van der Waals surface area (Å²) in [6.07, 6.45) is 5.48. The van der Waals surface area contributed by atoms with E-state index in [9.17, 15) is 0 Å². The van der Waals surface area contributed by atoms with Crippen LogP contribution in [0, 0.1) is 0 Å². The second kappa shape index (κ2) is 13.0. The Bertz CT molecular complexity index is 3600. The molecule has 8 heteroatoms. The normalized spacial score (nSPS) is 14.9. The average Bonchev–Trinajstić information content (AvgIpc) is 4.08. The van der Waals surface area contributed by atoms with Crippen LogP contribution in [-0.2, 0) is 0 Å². The molecule has 0 fully saturated rings. The van der Waals surface area contributed by atoms with Crippen molar-refractivity contribution >= 4 is 72.0 Å². The van der Waals surface area contributed by atoms with E-state index in [1.807, 2.05) is 60.3 Å². The molecule has 0 saturated carbocycles. The zero-order valence-corrected chi connectivity index (χ0v) is 32.8. The first-order valence-corrected chi connectivity index (χ1v) is 21.0. The van der Waals surface area contributed by atoms with Gasteiger partial charge in [-0.25, -0.2) is 9.97 Å². The lowest BCUT2D eigenvalue weighted by atomic mass is 9.90. The van der Waals surface area contributed by atoms with E-state index in [0.717, 1.165) is 83.5 Å². The Balaban J connectivity index is 1.11. The fourth-order valence-electron chi connectivity index (χ4n) is 9.30. The van der Waals surface area contributed by atoms with E-state index in [0.29, 0.717) is 29.4 Å². The maximum Gasteiger partial charge on any atom is 0.238 e. The number of aromatic nitrogens is 6. The second-order valence-electron chi connectivity index (χ2n) is 15.3. The standard InChI is InChI=1S/C52H32N6OS/c1-2-14-31(15-3-1)49-54-50(32-26-27-36-35-18-7-13-25-45(35)60-46(36)30-32)56-52(55-49)58-42-22-10-5-17-34(42)38-29-28-37-33-16-4-9-21-41(33)57(47(37)48(38)58)43-23-11-6-19-39(43)51-53-40-20-8-12-24-44(40)59-51/h1-26,28-30,36H,27H2. The van der Waals surface area contributed by atoms with Gasteiger partial charge in [0.15, 0.2) is 17.2 Å². The summed E-state index contributed by atoms with van der Waals surface area (Å²) in [5, 5.41) is 4.48. The minimum Gasteiger partial charge on any atom is -0.436 e. The van der Waals surface area contributed by atoms with E-state index in [4.69, 9.17) is 24.4 Å². The SMILES string of the molecule is C1=C(c2nc(-c3ccccc3)nc(-n3c4ccccc4c4ccc5c6ccccc6n(-c6ccccc6-c6nc7ccccc7o6)c5c43)n2)C=C2Sc3ccccc3C2C1. The minimum atomic E-state index is 0.357. The fourth-order valence-corrected chi connectivity index (χ4v) is 10.6. The van der Waals surface area contributed by atoms with Gasteiger partial charge in [-0.15, -0.1) is 0 Å². The summed E-state index contributed by atoms with van der Waals surface area (Å²) in [5.41, 5.74) is 10.9. The first-order valence-electron chi connectivity index (χ1n) is 20.2. The quantitative estimate of drug-likeness (QED) is 0.173. The van der Waals surface area contributed by atoms with Gasteiger partial charge in [-0.3, -0.25) is 4.57 Å². The molecule has 11 aromatic rings. The summed E-state index contributed by atoms with van der Waals surface area (Å²) in [5.74, 6) is 2.77. The average molecular weight is 789 g/mol. The van der Waals surface area contributed by atoms with Crippen molar-refractivity contribution in [3.05, 3.63) is 192 Å². The van der Waals surface area contributed by atoms with Gasteiger partial charge in [-0.2, -0.15) is 9.97 Å². The monoisotopic (exact) mass is 788 g/mol. The van der Waals surface area contributed by atoms with Crippen LogP contribution < -0.4 is 0 Å². The van der Waals surface area contributed by atoms with Gasteiger partial charge in [0.25, 0.3) is 0 Å². The molecule has 13 rings (SSSR count). The molecule has 7 nitrogen and oxygen atoms in total. The molecule has 0 saturated heterocycles. The van der Waals surface area contributed by atoms with Crippen LogP contribution in [0.15, 0.2) is 190 Å².